The van der Waals surface area contributed by atoms with Crippen LogP contribution in [0.25, 0.3) is 0 Å². The summed E-state index contributed by atoms with van der Waals surface area (Å²) < 4.78 is 9.83. The van der Waals surface area contributed by atoms with Crippen molar-refractivity contribution in [3.8, 4) is 5.75 Å². The van der Waals surface area contributed by atoms with Crippen molar-refractivity contribution in [3.05, 3.63) is 28.2 Å². The van der Waals surface area contributed by atoms with Crippen LogP contribution in [0.3, 0.4) is 0 Å². The van der Waals surface area contributed by atoms with Crippen molar-refractivity contribution >= 4 is 30.0 Å². The second-order valence-electron chi connectivity index (χ2n) is 4.48. The Morgan fingerprint density at radius 1 is 1.19 bits per heavy atom. The topological polar surface area (TPSA) is 114 Å². The van der Waals surface area contributed by atoms with Crippen molar-refractivity contribution in [2.24, 2.45) is 5.10 Å². The fourth-order valence-electron chi connectivity index (χ4n) is 1.77. The molecule has 1 fully saturated rings. The lowest BCUT2D eigenvalue weighted by Crippen LogP contribution is -2.24. The van der Waals surface area contributed by atoms with Gasteiger partial charge in [-0.15, -0.1) is 0 Å². The molecule has 9 heteroatoms. The van der Waals surface area contributed by atoms with Crippen molar-refractivity contribution in [1.82, 2.24) is 5.01 Å². The van der Waals surface area contributed by atoms with Crippen molar-refractivity contribution in [1.29, 1.82) is 0 Å². The number of nitrogens with zero attached hydrogens (tertiary/aromatic N) is 2. The summed E-state index contributed by atoms with van der Waals surface area (Å²) in [6, 6.07) is 5.35. The molecule has 0 aromatic heterocycles. The number of hydrogen-bond acceptors (Lipinski definition) is 4. The maximum atomic E-state index is 9.63. The molecule has 0 atom stereocenters. The van der Waals surface area contributed by atoms with Gasteiger partial charge >= 0.3 is 7.82 Å². The molecule has 4 N–H and O–H groups in total. The Bertz CT molecular complexity index is 520. The summed E-state index contributed by atoms with van der Waals surface area (Å²) in [4.78, 5) is 21.6. The second-order valence-corrected chi connectivity index (χ2v) is 6.42. The Hall–Kier alpha value is -0.920. The SMILES string of the molecule is O=P(O)(O)O.Oc1ccc(Br)cc1C=NN1CCCCC1. The van der Waals surface area contributed by atoms with Crippen LogP contribution < -0.4 is 0 Å². The van der Waals surface area contributed by atoms with Crippen LogP contribution in [0.15, 0.2) is 27.8 Å². The van der Waals surface area contributed by atoms with Crippen LogP contribution in [0.2, 0.25) is 0 Å². The first-order valence-electron chi connectivity index (χ1n) is 6.31. The number of phosphoric acid groups is 1. The largest absolute Gasteiger partial charge is 0.507 e. The van der Waals surface area contributed by atoms with Gasteiger partial charge in [0.05, 0.1) is 6.21 Å². The number of rotatable bonds is 2. The van der Waals surface area contributed by atoms with E-state index in [0.717, 1.165) is 23.1 Å². The number of aromatic hydroxyl groups is 1. The van der Waals surface area contributed by atoms with Crippen LogP contribution >= 0.6 is 23.8 Å². The van der Waals surface area contributed by atoms with Crippen LogP contribution in [0, 0.1) is 0 Å². The lowest BCUT2D eigenvalue weighted by atomic mass is 10.2. The summed E-state index contributed by atoms with van der Waals surface area (Å²) in [6.45, 7) is 2.04. The maximum Gasteiger partial charge on any atom is 0.466 e. The van der Waals surface area contributed by atoms with E-state index in [4.69, 9.17) is 19.2 Å². The smallest absolute Gasteiger partial charge is 0.466 e. The van der Waals surface area contributed by atoms with E-state index in [1.165, 1.54) is 19.3 Å². The highest BCUT2D eigenvalue weighted by Crippen LogP contribution is 2.25. The number of piperidine rings is 1. The highest BCUT2D eigenvalue weighted by Gasteiger charge is 2.06. The Morgan fingerprint density at radius 2 is 1.76 bits per heavy atom. The number of hydrogen-bond donors (Lipinski definition) is 4. The third kappa shape index (κ3) is 8.85. The van der Waals surface area contributed by atoms with E-state index in [1.54, 1.807) is 12.3 Å². The molecule has 118 valence electrons. The lowest BCUT2D eigenvalue weighted by Gasteiger charge is -2.23. The number of phenolic OH excluding ortho intramolecular Hbond substituents is 1. The minimum absolute atomic E-state index is 0.268. The van der Waals surface area contributed by atoms with Gasteiger partial charge < -0.3 is 19.8 Å². The van der Waals surface area contributed by atoms with E-state index < -0.39 is 7.82 Å². The highest BCUT2D eigenvalue weighted by molar-refractivity contribution is 9.10. The van der Waals surface area contributed by atoms with Crippen molar-refractivity contribution in [2.75, 3.05) is 13.1 Å². The molecule has 2 rings (SSSR count). The molecule has 0 unspecified atom stereocenters. The number of benzene rings is 1. The first-order chi connectivity index (χ1) is 9.75. The zero-order valence-corrected chi connectivity index (χ0v) is 13.7. The maximum absolute atomic E-state index is 9.63. The first-order valence-corrected chi connectivity index (χ1v) is 8.67. The second kappa shape index (κ2) is 8.51. The normalized spacial score (nSPS) is 15.7. The van der Waals surface area contributed by atoms with Gasteiger partial charge in [-0.05, 0) is 37.5 Å². The number of phenols is 1. The lowest BCUT2D eigenvalue weighted by molar-refractivity contribution is 0.240. The summed E-state index contributed by atoms with van der Waals surface area (Å²) in [7, 11) is -4.64. The molecule has 0 amide bonds. The van der Waals surface area contributed by atoms with Gasteiger partial charge in [0.1, 0.15) is 5.75 Å². The van der Waals surface area contributed by atoms with E-state index >= 15 is 0 Å². The third-order valence-electron chi connectivity index (χ3n) is 2.68. The molecule has 21 heavy (non-hydrogen) atoms. The minimum Gasteiger partial charge on any atom is -0.507 e. The van der Waals surface area contributed by atoms with Gasteiger partial charge in [0.15, 0.2) is 0 Å². The van der Waals surface area contributed by atoms with Crippen molar-refractivity contribution in [3.63, 3.8) is 0 Å². The quantitative estimate of drug-likeness (QED) is 0.461. The first kappa shape index (κ1) is 18.1. The Labute approximate surface area is 131 Å². The average Bonchev–Trinajstić information content (AvgIpc) is 2.39. The van der Waals surface area contributed by atoms with E-state index in [0.29, 0.717) is 0 Å². The predicted molar refractivity (Wildman–Crippen MR) is 83.1 cm³/mol. The Morgan fingerprint density at radius 3 is 2.33 bits per heavy atom. The zero-order chi connectivity index (χ0) is 15.9. The molecule has 0 saturated carbocycles. The van der Waals surface area contributed by atoms with Crippen LogP contribution in [0.4, 0.5) is 0 Å². The van der Waals surface area contributed by atoms with Gasteiger partial charge in [0.25, 0.3) is 0 Å². The molecule has 0 spiro atoms. The predicted octanol–water partition coefficient (Wildman–Crippen LogP) is 2.05. The Kier molecular flexibility index (Phi) is 7.34. The molecule has 1 aromatic carbocycles. The zero-order valence-electron chi connectivity index (χ0n) is 11.3. The molecular formula is C12H18BrN2O5P. The summed E-state index contributed by atoms with van der Waals surface area (Å²) >= 11 is 3.38. The molecule has 0 radical (unpaired) electrons. The average molecular weight is 381 g/mol. The fraction of sp³-hybridized carbons (Fsp3) is 0.417. The van der Waals surface area contributed by atoms with Crippen molar-refractivity contribution < 1.29 is 24.4 Å². The Balaban J connectivity index is 0.000000383. The van der Waals surface area contributed by atoms with Crippen LogP contribution in [-0.2, 0) is 4.57 Å². The van der Waals surface area contributed by atoms with Crippen LogP contribution in [0.1, 0.15) is 24.8 Å². The van der Waals surface area contributed by atoms with Gasteiger partial charge in [0, 0.05) is 23.1 Å². The van der Waals surface area contributed by atoms with Gasteiger partial charge in [-0.25, -0.2) is 4.57 Å². The monoisotopic (exact) mass is 380 g/mol. The third-order valence-corrected chi connectivity index (χ3v) is 3.18. The van der Waals surface area contributed by atoms with E-state index in [9.17, 15) is 5.11 Å². The fourth-order valence-corrected chi connectivity index (χ4v) is 2.14. The van der Waals surface area contributed by atoms with Gasteiger partial charge in [0.2, 0.25) is 0 Å². The van der Waals surface area contributed by atoms with E-state index in [-0.39, 0.29) is 5.75 Å². The summed E-state index contributed by atoms with van der Waals surface area (Å²) in [5, 5.41) is 16.1. The molecule has 1 aromatic rings. The molecular weight excluding hydrogens is 363 g/mol. The van der Waals surface area contributed by atoms with E-state index in [2.05, 4.69) is 26.0 Å². The standard InChI is InChI=1S/C12H15BrN2O.H3O4P/c13-11-4-5-12(16)10(8-11)9-14-15-6-2-1-3-7-15;1-5(2,3)4/h4-5,8-9,16H,1-3,6-7H2;(H3,1,2,3,4). The van der Waals surface area contributed by atoms with Crippen molar-refractivity contribution in [2.45, 2.75) is 19.3 Å². The molecule has 1 aliphatic rings. The summed E-state index contributed by atoms with van der Waals surface area (Å²) in [6.07, 6.45) is 5.45. The molecule has 0 aliphatic carbocycles. The molecule has 7 nitrogen and oxygen atoms in total. The van der Waals surface area contributed by atoms with Crippen LogP contribution in [-0.4, -0.2) is 44.1 Å². The van der Waals surface area contributed by atoms with Gasteiger partial charge in [-0.3, -0.25) is 5.01 Å². The van der Waals surface area contributed by atoms with Crippen LogP contribution in [0.5, 0.6) is 5.75 Å². The summed E-state index contributed by atoms with van der Waals surface area (Å²) in [5.41, 5.74) is 0.750. The van der Waals surface area contributed by atoms with E-state index in [1.807, 2.05) is 12.1 Å². The molecule has 1 saturated heterocycles. The number of hydrazone groups is 1. The number of halogens is 1. The minimum atomic E-state index is -4.64. The summed E-state index contributed by atoms with van der Waals surface area (Å²) in [5.74, 6) is 0.268. The van der Waals surface area contributed by atoms with Gasteiger partial charge in [-0.2, -0.15) is 5.10 Å². The highest BCUT2D eigenvalue weighted by atomic mass is 79.9. The van der Waals surface area contributed by atoms with Gasteiger partial charge in [-0.1, -0.05) is 15.9 Å². The molecule has 1 heterocycles. The molecule has 0 bridgehead atoms. The molecule has 1 aliphatic heterocycles.